The fourth-order valence-corrected chi connectivity index (χ4v) is 6.75. The standard InChI is InChI=1S/C25H23F3N2O4S/c26-20-5-4-15-10-19(20)18-2-1-3-21(27)22(18)33-13-17-14-34-23(29-17)24(11-15)7-6-16(12-24)30-35(31,32)25(28)8-9-25/h1-5,10,14,16,30H,6-9,11-13H2/t16-,24+/m0/s1. The van der Waals surface area contributed by atoms with Crippen LogP contribution in [0.5, 0.6) is 5.75 Å². The zero-order valence-electron chi connectivity index (χ0n) is 18.7. The predicted molar refractivity (Wildman–Crippen MR) is 121 cm³/mol. The van der Waals surface area contributed by atoms with E-state index in [1.54, 1.807) is 18.2 Å². The van der Waals surface area contributed by atoms with E-state index in [0.717, 1.165) is 5.56 Å². The molecule has 2 aliphatic carbocycles. The van der Waals surface area contributed by atoms with Crippen molar-refractivity contribution in [3.63, 3.8) is 0 Å². The lowest BCUT2D eigenvalue weighted by Crippen LogP contribution is -2.40. The summed E-state index contributed by atoms with van der Waals surface area (Å²) < 4.78 is 83.0. The molecular weight excluding hydrogens is 481 g/mol. The molecule has 184 valence electrons. The number of oxazole rings is 1. The van der Waals surface area contributed by atoms with Crippen LogP contribution < -0.4 is 9.46 Å². The Morgan fingerprint density at radius 3 is 2.69 bits per heavy atom. The molecule has 2 saturated carbocycles. The number of rotatable bonds is 3. The second kappa shape index (κ2) is 7.83. The molecule has 2 heterocycles. The smallest absolute Gasteiger partial charge is 0.247 e. The first-order valence-corrected chi connectivity index (χ1v) is 13.0. The van der Waals surface area contributed by atoms with Crippen LogP contribution in [-0.2, 0) is 28.5 Å². The van der Waals surface area contributed by atoms with Crippen molar-refractivity contribution in [1.29, 1.82) is 0 Å². The van der Waals surface area contributed by atoms with Gasteiger partial charge in [0.15, 0.2) is 11.6 Å². The fraction of sp³-hybridized carbons (Fsp3) is 0.400. The SMILES string of the molecule is O=S(=O)(N[C@H]1CC[C@@]2(Cc3ccc(F)c(c3)-c3cccc(F)c3OCc3coc2n3)C1)C1(F)CC1. The highest BCUT2D eigenvalue weighted by molar-refractivity contribution is 7.91. The Hall–Kier alpha value is -2.85. The summed E-state index contributed by atoms with van der Waals surface area (Å²) in [4.78, 5) is 4.59. The maximum atomic E-state index is 14.9. The highest BCUT2D eigenvalue weighted by Crippen LogP contribution is 2.48. The van der Waals surface area contributed by atoms with Gasteiger partial charge < -0.3 is 9.15 Å². The van der Waals surface area contributed by atoms with Gasteiger partial charge in [0.25, 0.3) is 0 Å². The van der Waals surface area contributed by atoms with Gasteiger partial charge in [-0.1, -0.05) is 18.2 Å². The number of hydrogen-bond donors (Lipinski definition) is 1. The number of nitrogens with one attached hydrogen (secondary N) is 1. The highest BCUT2D eigenvalue weighted by Gasteiger charge is 2.57. The monoisotopic (exact) mass is 504 g/mol. The zero-order valence-corrected chi connectivity index (χ0v) is 19.5. The second-order valence-electron chi connectivity index (χ2n) is 9.76. The Labute approximate surface area is 200 Å². The quantitative estimate of drug-likeness (QED) is 0.548. The van der Waals surface area contributed by atoms with E-state index < -0.39 is 38.1 Å². The van der Waals surface area contributed by atoms with Crippen LogP contribution >= 0.6 is 0 Å². The Kier molecular flexibility index (Phi) is 5.05. The van der Waals surface area contributed by atoms with E-state index in [2.05, 4.69) is 9.71 Å². The second-order valence-corrected chi connectivity index (χ2v) is 11.7. The summed E-state index contributed by atoms with van der Waals surface area (Å²) >= 11 is 0. The molecule has 4 bridgehead atoms. The Morgan fingerprint density at radius 1 is 1.06 bits per heavy atom. The molecule has 2 fully saturated rings. The molecule has 2 aromatic carbocycles. The number of ether oxygens (including phenoxy) is 1. The van der Waals surface area contributed by atoms with Crippen molar-refractivity contribution in [2.45, 2.75) is 61.6 Å². The van der Waals surface area contributed by atoms with Crippen LogP contribution in [-0.4, -0.2) is 24.4 Å². The van der Waals surface area contributed by atoms with E-state index in [4.69, 9.17) is 9.15 Å². The molecule has 0 unspecified atom stereocenters. The molecule has 1 N–H and O–H groups in total. The molecule has 0 saturated heterocycles. The number of fused-ring (bicyclic) bond motifs is 7. The topological polar surface area (TPSA) is 81.4 Å². The van der Waals surface area contributed by atoms with E-state index in [9.17, 15) is 21.6 Å². The summed E-state index contributed by atoms with van der Waals surface area (Å²) in [7, 11) is -4.09. The van der Waals surface area contributed by atoms with Crippen molar-refractivity contribution in [2.24, 2.45) is 0 Å². The predicted octanol–water partition coefficient (Wildman–Crippen LogP) is 4.92. The van der Waals surface area contributed by atoms with E-state index in [1.807, 2.05) is 0 Å². The normalized spacial score (nSPS) is 24.8. The number of alkyl halides is 1. The first-order valence-electron chi connectivity index (χ1n) is 11.5. The average molecular weight is 505 g/mol. The van der Waals surface area contributed by atoms with Gasteiger partial charge >= 0.3 is 0 Å². The van der Waals surface area contributed by atoms with Gasteiger partial charge in [0.1, 0.15) is 24.4 Å². The van der Waals surface area contributed by atoms with Crippen LogP contribution in [0.4, 0.5) is 13.2 Å². The Morgan fingerprint density at radius 2 is 1.89 bits per heavy atom. The van der Waals surface area contributed by atoms with E-state index in [0.29, 0.717) is 37.3 Å². The molecule has 6 nitrogen and oxygen atoms in total. The first kappa shape index (κ1) is 22.6. The molecule has 3 aromatic rings. The molecule has 1 aliphatic heterocycles. The van der Waals surface area contributed by atoms with Crippen molar-refractivity contribution in [1.82, 2.24) is 9.71 Å². The Balaban J connectivity index is 1.41. The maximum absolute atomic E-state index is 14.9. The van der Waals surface area contributed by atoms with E-state index >= 15 is 0 Å². The van der Waals surface area contributed by atoms with Gasteiger partial charge in [0.05, 0.1) is 5.41 Å². The number of halogens is 3. The fourth-order valence-electron chi connectivity index (χ4n) is 5.26. The molecule has 3 aliphatic rings. The van der Waals surface area contributed by atoms with Crippen molar-refractivity contribution in [3.05, 3.63) is 71.4 Å². The largest absolute Gasteiger partial charge is 0.483 e. The third-order valence-electron chi connectivity index (χ3n) is 7.26. The van der Waals surface area contributed by atoms with Gasteiger partial charge in [-0.3, -0.25) is 0 Å². The van der Waals surface area contributed by atoms with Gasteiger partial charge in [-0.05, 0) is 49.4 Å². The van der Waals surface area contributed by atoms with E-state index in [-0.39, 0.29) is 36.3 Å². The average Bonchev–Trinajstić information content (AvgIpc) is 3.23. The van der Waals surface area contributed by atoms with E-state index in [1.165, 1.54) is 24.5 Å². The van der Waals surface area contributed by atoms with Gasteiger partial charge in [-0.25, -0.2) is 31.3 Å². The van der Waals surface area contributed by atoms with Gasteiger partial charge in [0, 0.05) is 30.0 Å². The minimum absolute atomic E-state index is 0.00369. The van der Waals surface area contributed by atoms with Crippen molar-refractivity contribution < 1.29 is 30.7 Å². The summed E-state index contributed by atoms with van der Waals surface area (Å²) in [6.45, 7) is -0.0880. The molecule has 1 aromatic heterocycles. The van der Waals surface area contributed by atoms with Gasteiger partial charge in [0.2, 0.25) is 20.9 Å². The number of hydrogen-bond acceptors (Lipinski definition) is 5. The summed E-state index contributed by atoms with van der Waals surface area (Å²) in [5.74, 6) is -0.795. The van der Waals surface area contributed by atoms with Crippen molar-refractivity contribution in [2.75, 3.05) is 0 Å². The zero-order chi connectivity index (χ0) is 24.4. The lowest BCUT2D eigenvalue weighted by molar-refractivity contribution is 0.286. The van der Waals surface area contributed by atoms with Crippen LogP contribution in [0.1, 0.15) is 49.3 Å². The number of sulfonamides is 1. The molecule has 35 heavy (non-hydrogen) atoms. The first-order chi connectivity index (χ1) is 16.7. The molecule has 6 rings (SSSR count). The third-order valence-corrected chi connectivity index (χ3v) is 9.27. The lowest BCUT2D eigenvalue weighted by atomic mass is 9.79. The minimum Gasteiger partial charge on any atom is -0.483 e. The van der Waals surface area contributed by atoms with Crippen LogP contribution in [0.25, 0.3) is 11.1 Å². The molecule has 2 atom stereocenters. The molecule has 0 amide bonds. The molecule has 10 heteroatoms. The summed E-state index contributed by atoms with van der Waals surface area (Å²) in [5.41, 5.74) is 1.00. The van der Waals surface area contributed by atoms with Crippen LogP contribution in [0.15, 0.2) is 47.1 Å². The number of para-hydroxylation sites is 1. The summed E-state index contributed by atoms with van der Waals surface area (Å²) in [6.07, 6.45) is 3.20. The Bertz CT molecular complexity index is 1420. The lowest BCUT2D eigenvalue weighted by Gasteiger charge is -2.27. The maximum Gasteiger partial charge on any atom is 0.247 e. The summed E-state index contributed by atoms with van der Waals surface area (Å²) in [5, 5.41) is -2.18. The third kappa shape index (κ3) is 3.83. The number of nitrogens with zero attached hydrogens (tertiary/aromatic N) is 1. The summed E-state index contributed by atoms with van der Waals surface area (Å²) in [6, 6.07) is 8.49. The van der Waals surface area contributed by atoms with Gasteiger partial charge in [-0.2, -0.15) is 0 Å². The van der Waals surface area contributed by atoms with Crippen molar-refractivity contribution in [3.8, 4) is 16.9 Å². The molecule has 1 spiro atoms. The van der Waals surface area contributed by atoms with Crippen molar-refractivity contribution >= 4 is 10.0 Å². The molecule has 0 radical (unpaired) electrons. The van der Waals surface area contributed by atoms with Gasteiger partial charge in [-0.15, -0.1) is 0 Å². The van der Waals surface area contributed by atoms with Crippen LogP contribution in [0.3, 0.4) is 0 Å². The van der Waals surface area contributed by atoms with Crippen LogP contribution in [0.2, 0.25) is 0 Å². The minimum atomic E-state index is -4.09. The number of aromatic nitrogens is 1. The van der Waals surface area contributed by atoms with Crippen LogP contribution in [0, 0.1) is 11.6 Å². The number of benzene rings is 2. The highest BCUT2D eigenvalue weighted by atomic mass is 32.2. The molecular formula is C25H23F3N2O4S.